The Morgan fingerprint density at radius 1 is 0.667 bits per heavy atom. The summed E-state index contributed by atoms with van der Waals surface area (Å²) in [7, 11) is -9.28. The van der Waals surface area contributed by atoms with Crippen LogP contribution >= 0.6 is 15.6 Å². The van der Waals surface area contributed by atoms with Gasteiger partial charge in [-0.15, -0.1) is 0 Å². The zero-order valence-corrected chi connectivity index (χ0v) is 6.89. The zero-order valence-electron chi connectivity index (χ0n) is 5.10. The predicted molar refractivity (Wildman–Crippen MR) is 40.7 cm³/mol. The molecule has 0 aliphatic heterocycles. The summed E-state index contributed by atoms with van der Waals surface area (Å²) in [5.74, 6) is 0. The van der Waals surface area contributed by atoms with Crippen LogP contribution in [0, 0.1) is 0 Å². The van der Waals surface area contributed by atoms with Crippen LogP contribution < -0.4 is 6.15 Å². The van der Waals surface area contributed by atoms with Gasteiger partial charge >= 0.3 is 67.0 Å². The summed E-state index contributed by atoms with van der Waals surface area (Å²) in [6.07, 6.45) is 0. The first-order valence-corrected chi connectivity index (χ1v) is 4.70. The molecule has 12 heteroatoms. The molecule has 0 spiro atoms. The molecule has 0 heterocycles. The van der Waals surface area contributed by atoms with Gasteiger partial charge in [0.2, 0.25) is 0 Å². The second kappa shape index (κ2) is 9.37. The summed E-state index contributed by atoms with van der Waals surface area (Å²) < 4.78 is 17.8. The summed E-state index contributed by atoms with van der Waals surface area (Å²) in [6.45, 7) is 0. The quantitative estimate of drug-likeness (QED) is 0.183. The van der Waals surface area contributed by atoms with Gasteiger partial charge in [-0.05, 0) is 0 Å². The average molecular weight is 253 g/mol. The van der Waals surface area contributed by atoms with Crippen molar-refractivity contribution in [2.75, 3.05) is 0 Å². The molecule has 0 atom stereocenters. The molecule has 12 heavy (non-hydrogen) atoms. The van der Waals surface area contributed by atoms with Gasteiger partial charge < -0.3 is 35.5 Å². The van der Waals surface area contributed by atoms with Crippen LogP contribution in [-0.4, -0.2) is 80.7 Å². The van der Waals surface area contributed by atoms with Crippen molar-refractivity contribution < 1.29 is 38.5 Å². The van der Waals surface area contributed by atoms with E-state index in [9.17, 15) is 0 Å². The van der Waals surface area contributed by atoms with E-state index in [0.29, 0.717) is 0 Å². The van der Waals surface area contributed by atoms with Crippen molar-refractivity contribution in [3.05, 3.63) is 0 Å². The Bertz CT molecular complexity index is 129. The average Bonchev–Trinajstić information content (AvgIpc) is 1.12. The first-order chi connectivity index (χ1) is 4.00. The molecule has 9 N–H and O–H groups in total. The van der Waals surface area contributed by atoms with Crippen LogP contribution in [0.3, 0.4) is 0 Å². The Hall–Kier alpha value is 1.82. The van der Waals surface area contributed by atoms with Gasteiger partial charge in [0, 0.05) is 0 Å². The third-order valence-corrected chi connectivity index (χ3v) is 0. The Morgan fingerprint density at radius 3 is 0.667 bits per heavy atom. The molecule has 0 bridgehead atoms. The number of hydrogen-bond donors (Lipinski definition) is 7. The van der Waals surface area contributed by atoms with Crippen molar-refractivity contribution in [1.29, 1.82) is 0 Å². The molecule has 0 aromatic rings. The van der Waals surface area contributed by atoms with E-state index in [0.717, 1.165) is 0 Å². The summed E-state index contributed by atoms with van der Waals surface area (Å²) in [5.41, 5.74) is 0. The SMILES string of the molecule is N.O=P(O)(O)O.O=P(O)(O)O.[KH]. The Labute approximate surface area is 110 Å². The van der Waals surface area contributed by atoms with E-state index in [1.165, 1.54) is 0 Å². The molecule has 9 nitrogen and oxygen atoms in total. The predicted octanol–water partition coefficient (Wildman–Crippen LogP) is -2.34. The Morgan fingerprint density at radius 2 is 0.667 bits per heavy atom. The van der Waals surface area contributed by atoms with Crippen LogP contribution in [0.15, 0.2) is 0 Å². The molecular formula is H10KNO8P2. The molecule has 0 radical (unpaired) electrons. The molecule has 0 saturated heterocycles. The Balaban J connectivity index is -0.0000000457. The van der Waals surface area contributed by atoms with Crippen LogP contribution in [0.1, 0.15) is 0 Å². The van der Waals surface area contributed by atoms with Crippen LogP contribution in [-0.2, 0) is 9.13 Å². The fourth-order valence-corrected chi connectivity index (χ4v) is 0. The molecule has 0 unspecified atom stereocenters. The van der Waals surface area contributed by atoms with E-state index in [4.69, 9.17) is 38.5 Å². The third kappa shape index (κ3) is 419. The van der Waals surface area contributed by atoms with Gasteiger partial charge in [-0.1, -0.05) is 0 Å². The number of phosphoric acid groups is 2. The maximum atomic E-state index is 8.88. The molecule has 0 amide bonds. The minimum absolute atomic E-state index is 0. The topological polar surface area (TPSA) is 191 Å². The van der Waals surface area contributed by atoms with Crippen molar-refractivity contribution in [2.45, 2.75) is 0 Å². The van der Waals surface area contributed by atoms with Gasteiger partial charge in [-0.3, -0.25) is 0 Å². The molecule has 0 aromatic carbocycles. The zero-order chi connectivity index (χ0) is 9.00. The normalized spacial score (nSPS) is 9.83. The summed E-state index contributed by atoms with van der Waals surface area (Å²) in [6, 6.07) is 0. The van der Waals surface area contributed by atoms with Gasteiger partial charge in [0.1, 0.15) is 0 Å². The molecule has 0 saturated carbocycles. The van der Waals surface area contributed by atoms with Crippen LogP contribution in [0.5, 0.6) is 0 Å². The van der Waals surface area contributed by atoms with Gasteiger partial charge in [0.25, 0.3) is 0 Å². The summed E-state index contributed by atoms with van der Waals surface area (Å²) in [4.78, 5) is 43.1. The van der Waals surface area contributed by atoms with E-state index in [1.54, 1.807) is 0 Å². The second-order valence-electron chi connectivity index (χ2n) is 1.03. The monoisotopic (exact) mass is 253 g/mol. The van der Waals surface area contributed by atoms with Crippen LogP contribution in [0.25, 0.3) is 0 Å². The molecule has 0 aliphatic rings. The third-order valence-electron chi connectivity index (χ3n) is 0. The van der Waals surface area contributed by atoms with Crippen LogP contribution in [0.2, 0.25) is 0 Å². The molecule has 0 fully saturated rings. The van der Waals surface area contributed by atoms with Gasteiger partial charge in [0.15, 0.2) is 0 Å². The fourth-order valence-electron chi connectivity index (χ4n) is 0. The van der Waals surface area contributed by atoms with Crippen molar-refractivity contribution in [3.63, 3.8) is 0 Å². The summed E-state index contributed by atoms with van der Waals surface area (Å²) >= 11 is 0. The minimum atomic E-state index is -4.64. The number of hydrogen-bond acceptors (Lipinski definition) is 3. The van der Waals surface area contributed by atoms with E-state index in [1.807, 2.05) is 0 Å². The molecule has 74 valence electrons. The van der Waals surface area contributed by atoms with E-state index in [2.05, 4.69) is 0 Å². The Kier molecular flexibility index (Phi) is 18.4. The van der Waals surface area contributed by atoms with Gasteiger partial charge in [-0.25, -0.2) is 9.13 Å². The molecule has 0 aliphatic carbocycles. The van der Waals surface area contributed by atoms with Crippen molar-refractivity contribution in [1.82, 2.24) is 6.15 Å². The first kappa shape index (κ1) is 23.6. The summed E-state index contributed by atoms with van der Waals surface area (Å²) in [5, 5.41) is 0. The van der Waals surface area contributed by atoms with Crippen molar-refractivity contribution in [2.24, 2.45) is 0 Å². The number of rotatable bonds is 0. The maximum absolute atomic E-state index is 8.88. The van der Waals surface area contributed by atoms with E-state index < -0.39 is 15.6 Å². The van der Waals surface area contributed by atoms with Crippen LogP contribution in [0.4, 0.5) is 0 Å². The van der Waals surface area contributed by atoms with E-state index in [-0.39, 0.29) is 57.5 Å². The van der Waals surface area contributed by atoms with Gasteiger partial charge in [0.05, 0.1) is 0 Å². The fraction of sp³-hybridized carbons (Fsp3) is 0. The standard InChI is InChI=1S/K.H3N.2H3O4P.H/c;;2*1-5(2,3)4;/h;1H3;2*(H3,1,2,3,4);. The molecule has 0 aromatic heterocycles. The van der Waals surface area contributed by atoms with Gasteiger partial charge in [-0.2, -0.15) is 0 Å². The van der Waals surface area contributed by atoms with Crippen molar-refractivity contribution >= 4 is 67.0 Å². The second-order valence-corrected chi connectivity index (χ2v) is 3.08. The van der Waals surface area contributed by atoms with E-state index >= 15 is 0 Å². The first-order valence-electron chi connectivity index (χ1n) is 1.57. The van der Waals surface area contributed by atoms with Crippen molar-refractivity contribution in [3.8, 4) is 0 Å². The molecular weight excluding hydrogens is 243 g/mol. The molecule has 0 rings (SSSR count).